The Hall–Kier alpha value is -3.19. The minimum Gasteiger partial charge on any atom is -0.463 e. The first kappa shape index (κ1) is 20.1. The molecule has 3 N–H and O–H groups in total. The van der Waals surface area contributed by atoms with Gasteiger partial charge in [-0.25, -0.2) is 14.0 Å². The summed E-state index contributed by atoms with van der Waals surface area (Å²) in [6.45, 7) is 1.99. The Kier molecular flexibility index (Phi) is 7.51. The summed E-state index contributed by atoms with van der Waals surface area (Å²) in [5, 5.41) is 15.1. The van der Waals surface area contributed by atoms with Gasteiger partial charge in [-0.1, -0.05) is 24.3 Å². The molecule has 0 aromatic heterocycles. The van der Waals surface area contributed by atoms with E-state index in [1.807, 2.05) is 0 Å². The number of benzene rings is 2. The van der Waals surface area contributed by atoms with E-state index < -0.39 is 23.9 Å². The lowest BCUT2D eigenvalue weighted by atomic mass is 10.1. The van der Waals surface area contributed by atoms with Crippen LogP contribution in [0.3, 0.4) is 0 Å². The molecule has 2 aromatic carbocycles. The third-order valence-electron chi connectivity index (χ3n) is 3.56. The summed E-state index contributed by atoms with van der Waals surface area (Å²) in [7, 11) is 0. The molecule has 0 unspecified atom stereocenters. The highest BCUT2D eigenvalue weighted by atomic mass is 19.1. The number of esters is 1. The molecule has 0 aliphatic rings. The first-order valence-electron chi connectivity index (χ1n) is 8.41. The summed E-state index contributed by atoms with van der Waals surface area (Å²) in [5.41, 5.74) is 1.70. The van der Waals surface area contributed by atoms with Crippen LogP contribution in [0.4, 0.5) is 14.9 Å². The minimum atomic E-state index is -1.01. The maximum absolute atomic E-state index is 13.1. The van der Waals surface area contributed by atoms with Crippen molar-refractivity contribution in [3.63, 3.8) is 0 Å². The van der Waals surface area contributed by atoms with Gasteiger partial charge in [0.2, 0.25) is 0 Å². The molecule has 0 saturated carbocycles. The number of rotatable bonds is 7. The van der Waals surface area contributed by atoms with E-state index in [1.54, 1.807) is 43.3 Å². The Morgan fingerprint density at radius 3 is 2.63 bits per heavy atom. The summed E-state index contributed by atoms with van der Waals surface area (Å²) in [5.74, 6) is -0.871. The zero-order valence-corrected chi connectivity index (χ0v) is 14.8. The Morgan fingerprint density at radius 2 is 1.96 bits per heavy atom. The molecule has 0 radical (unpaired) electrons. The molecule has 0 spiro atoms. The summed E-state index contributed by atoms with van der Waals surface area (Å²) in [6, 6.07) is 11.9. The van der Waals surface area contributed by atoms with Crippen LogP contribution in [0.25, 0.3) is 6.08 Å². The van der Waals surface area contributed by atoms with E-state index in [0.717, 1.165) is 5.56 Å². The number of halogens is 1. The van der Waals surface area contributed by atoms with Crippen molar-refractivity contribution in [3.05, 3.63) is 71.6 Å². The molecule has 2 aromatic rings. The predicted octanol–water partition coefficient (Wildman–Crippen LogP) is 3.26. The van der Waals surface area contributed by atoms with E-state index >= 15 is 0 Å². The van der Waals surface area contributed by atoms with Crippen LogP contribution in [0.15, 0.2) is 54.6 Å². The number of aliphatic hydroxyl groups is 1. The van der Waals surface area contributed by atoms with Crippen molar-refractivity contribution in [2.45, 2.75) is 13.0 Å². The minimum absolute atomic E-state index is 0.0599. The van der Waals surface area contributed by atoms with Crippen LogP contribution < -0.4 is 10.6 Å². The topological polar surface area (TPSA) is 87.7 Å². The lowest BCUT2D eigenvalue weighted by Crippen LogP contribution is -2.32. The number of urea groups is 1. The normalized spacial score (nSPS) is 11.8. The number of ether oxygens (including phenoxy) is 1. The van der Waals surface area contributed by atoms with Crippen molar-refractivity contribution in [2.75, 3.05) is 18.5 Å². The fraction of sp³-hybridized carbons (Fsp3) is 0.200. The van der Waals surface area contributed by atoms with E-state index in [1.165, 1.54) is 24.3 Å². The van der Waals surface area contributed by atoms with Crippen LogP contribution in [-0.4, -0.2) is 30.3 Å². The largest absolute Gasteiger partial charge is 0.463 e. The van der Waals surface area contributed by atoms with Gasteiger partial charge >= 0.3 is 12.0 Å². The number of amides is 2. The third kappa shape index (κ3) is 6.91. The van der Waals surface area contributed by atoms with Crippen molar-refractivity contribution >= 4 is 23.8 Å². The standard InChI is InChI=1S/C20H21FN2O4/c1-2-27-19(25)11-8-14-6-9-17(10-7-14)23-20(26)22-13-18(24)15-4-3-5-16(21)12-15/h3-12,18,24H,2,13H2,1H3,(H2,22,23,26)/b11-8+/t18-/m1/s1. The highest BCUT2D eigenvalue weighted by Gasteiger charge is 2.10. The molecule has 27 heavy (non-hydrogen) atoms. The molecular formula is C20H21FN2O4. The monoisotopic (exact) mass is 372 g/mol. The van der Waals surface area contributed by atoms with E-state index in [-0.39, 0.29) is 6.54 Å². The van der Waals surface area contributed by atoms with Crippen molar-refractivity contribution in [1.82, 2.24) is 5.32 Å². The van der Waals surface area contributed by atoms with Crippen LogP contribution in [0.1, 0.15) is 24.2 Å². The number of hydrogen-bond donors (Lipinski definition) is 3. The van der Waals surface area contributed by atoms with Crippen LogP contribution in [0.5, 0.6) is 0 Å². The molecule has 1 atom stereocenters. The number of carbonyl (C=O) groups excluding carboxylic acids is 2. The van der Waals surface area contributed by atoms with Gasteiger partial charge in [0.25, 0.3) is 0 Å². The zero-order valence-electron chi connectivity index (χ0n) is 14.8. The predicted molar refractivity (Wildman–Crippen MR) is 100 cm³/mol. The van der Waals surface area contributed by atoms with Gasteiger partial charge in [0.15, 0.2) is 0 Å². The van der Waals surface area contributed by atoms with Gasteiger partial charge in [-0.05, 0) is 48.4 Å². The van der Waals surface area contributed by atoms with Gasteiger partial charge in [0, 0.05) is 18.3 Å². The molecule has 2 rings (SSSR count). The number of nitrogens with one attached hydrogen (secondary N) is 2. The molecule has 6 nitrogen and oxygen atoms in total. The summed E-state index contributed by atoms with van der Waals surface area (Å²) >= 11 is 0. The second-order valence-corrected chi connectivity index (χ2v) is 5.61. The highest BCUT2D eigenvalue weighted by Crippen LogP contribution is 2.14. The Labute approximate surface area is 156 Å². The first-order valence-corrected chi connectivity index (χ1v) is 8.41. The average molecular weight is 372 g/mol. The SMILES string of the molecule is CCOC(=O)/C=C/c1ccc(NC(=O)NC[C@@H](O)c2cccc(F)c2)cc1. The number of hydrogen-bond acceptors (Lipinski definition) is 4. The van der Waals surface area contributed by atoms with Gasteiger partial charge < -0.3 is 20.5 Å². The molecular weight excluding hydrogens is 351 g/mol. The number of aliphatic hydroxyl groups excluding tert-OH is 1. The highest BCUT2D eigenvalue weighted by molar-refractivity contribution is 5.90. The van der Waals surface area contributed by atoms with Crippen molar-refractivity contribution in [1.29, 1.82) is 0 Å². The van der Waals surface area contributed by atoms with E-state index in [0.29, 0.717) is 17.9 Å². The van der Waals surface area contributed by atoms with E-state index in [9.17, 15) is 19.1 Å². The Morgan fingerprint density at radius 1 is 1.22 bits per heavy atom. The second-order valence-electron chi connectivity index (χ2n) is 5.61. The van der Waals surface area contributed by atoms with Gasteiger partial charge in [-0.2, -0.15) is 0 Å². The zero-order chi connectivity index (χ0) is 19.6. The molecule has 0 bridgehead atoms. The molecule has 0 heterocycles. The summed E-state index contributed by atoms with van der Waals surface area (Å²) in [4.78, 5) is 23.2. The maximum atomic E-state index is 13.1. The van der Waals surface area contributed by atoms with Crippen LogP contribution in [0.2, 0.25) is 0 Å². The second kappa shape index (κ2) is 10.1. The fourth-order valence-electron chi connectivity index (χ4n) is 2.23. The number of carbonyl (C=O) groups is 2. The van der Waals surface area contributed by atoms with Crippen LogP contribution >= 0.6 is 0 Å². The molecule has 2 amide bonds. The molecule has 0 saturated heterocycles. The molecule has 7 heteroatoms. The van der Waals surface area contributed by atoms with Gasteiger partial charge in [0.1, 0.15) is 5.82 Å². The Bertz CT molecular complexity index is 806. The lowest BCUT2D eigenvalue weighted by Gasteiger charge is -2.13. The van der Waals surface area contributed by atoms with Gasteiger partial charge in [-0.3, -0.25) is 0 Å². The molecule has 0 fully saturated rings. The number of anilines is 1. The van der Waals surface area contributed by atoms with E-state index in [2.05, 4.69) is 10.6 Å². The van der Waals surface area contributed by atoms with Crippen LogP contribution in [0, 0.1) is 5.82 Å². The van der Waals surface area contributed by atoms with Crippen molar-refractivity contribution in [3.8, 4) is 0 Å². The van der Waals surface area contributed by atoms with Gasteiger partial charge in [0.05, 0.1) is 12.7 Å². The Balaban J connectivity index is 1.82. The van der Waals surface area contributed by atoms with Gasteiger partial charge in [-0.15, -0.1) is 0 Å². The average Bonchev–Trinajstić information content (AvgIpc) is 2.66. The molecule has 0 aliphatic heterocycles. The van der Waals surface area contributed by atoms with Crippen molar-refractivity contribution < 1.29 is 23.8 Å². The fourth-order valence-corrected chi connectivity index (χ4v) is 2.23. The van der Waals surface area contributed by atoms with Crippen LogP contribution in [-0.2, 0) is 9.53 Å². The summed E-state index contributed by atoms with van der Waals surface area (Å²) < 4.78 is 17.9. The van der Waals surface area contributed by atoms with E-state index in [4.69, 9.17) is 4.74 Å². The molecule has 0 aliphatic carbocycles. The molecule has 142 valence electrons. The quantitative estimate of drug-likeness (QED) is 0.514. The van der Waals surface area contributed by atoms with Crippen molar-refractivity contribution in [2.24, 2.45) is 0 Å². The maximum Gasteiger partial charge on any atom is 0.330 e. The smallest absolute Gasteiger partial charge is 0.330 e. The lowest BCUT2D eigenvalue weighted by molar-refractivity contribution is -0.137. The first-order chi connectivity index (χ1) is 13.0. The summed E-state index contributed by atoms with van der Waals surface area (Å²) in [6.07, 6.45) is 1.92. The third-order valence-corrected chi connectivity index (χ3v) is 3.56.